The zero-order valence-corrected chi connectivity index (χ0v) is 13.9. The number of hydrogen-bond acceptors (Lipinski definition) is 4. The van der Waals surface area contributed by atoms with Gasteiger partial charge in [0.25, 0.3) is 0 Å². The Labute approximate surface area is 148 Å². The number of nitrogens with zero attached hydrogens (tertiary/aromatic N) is 2. The van der Waals surface area contributed by atoms with Crippen molar-refractivity contribution in [3.8, 4) is 0 Å². The molecule has 0 saturated carbocycles. The summed E-state index contributed by atoms with van der Waals surface area (Å²) >= 11 is 5.96. The van der Waals surface area contributed by atoms with Gasteiger partial charge < -0.3 is 10.6 Å². The molecular weight excluding hydrogens is 346 g/mol. The molecule has 4 nitrogen and oxygen atoms in total. The third-order valence-electron chi connectivity index (χ3n) is 3.47. The van der Waals surface area contributed by atoms with Crippen molar-refractivity contribution in [3.05, 3.63) is 77.1 Å². The molecule has 0 fully saturated rings. The van der Waals surface area contributed by atoms with E-state index in [4.69, 9.17) is 11.6 Å². The van der Waals surface area contributed by atoms with Crippen molar-refractivity contribution in [1.29, 1.82) is 0 Å². The minimum atomic E-state index is -0.918. The van der Waals surface area contributed by atoms with Crippen LogP contribution in [0.25, 0.3) is 0 Å². The Morgan fingerprint density at radius 2 is 1.76 bits per heavy atom. The minimum Gasteiger partial charge on any atom is -0.370 e. The van der Waals surface area contributed by atoms with E-state index in [1.165, 1.54) is 12.4 Å². The summed E-state index contributed by atoms with van der Waals surface area (Å²) in [4.78, 5) is 8.21. The van der Waals surface area contributed by atoms with Crippen LogP contribution in [0.3, 0.4) is 0 Å². The summed E-state index contributed by atoms with van der Waals surface area (Å²) in [5, 5.41) is 6.81. The van der Waals surface area contributed by atoms with E-state index in [0.717, 1.165) is 24.1 Å². The van der Waals surface area contributed by atoms with Crippen LogP contribution in [0, 0.1) is 11.6 Å². The van der Waals surface area contributed by atoms with Gasteiger partial charge in [0.1, 0.15) is 18.0 Å². The molecule has 0 bridgehead atoms. The van der Waals surface area contributed by atoms with Gasteiger partial charge in [-0.1, -0.05) is 23.7 Å². The van der Waals surface area contributed by atoms with Crippen LogP contribution in [0.5, 0.6) is 0 Å². The summed E-state index contributed by atoms with van der Waals surface area (Å²) in [6.45, 7) is 0.669. The van der Waals surface area contributed by atoms with Crippen molar-refractivity contribution in [2.45, 2.75) is 6.42 Å². The second kappa shape index (κ2) is 7.90. The summed E-state index contributed by atoms with van der Waals surface area (Å²) in [5.74, 6) is -0.705. The molecule has 2 N–H and O–H groups in total. The fraction of sp³-hybridized carbons (Fsp3) is 0.111. The lowest BCUT2D eigenvalue weighted by molar-refractivity contribution is 0.509. The molecule has 2 aromatic carbocycles. The zero-order valence-electron chi connectivity index (χ0n) is 13.1. The van der Waals surface area contributed by atoms with Crippen molar-refractivity contribution in [2.24, 2.45) is 0 Å². The average molecular weight is 361 g/mol. The molecule has 0 amide bonds. The Balaban J connectivity index is 1.60. The predicted octanol–water partition coefficient (Wildman–Crippen LogP) is 4.81. The molecule has 0 spiro atoms. The van der Waals surface area contributed by atoms with Gasteiger partial charge in [0.05, 0.1) is 0 Å². The SMILES string of the molecule is Fc1ccc(Nc2cc(NCCc3cccc(Cl)c3)ncn2)cc1F. The standard InChI is InChI=1S/C18H15ClF2N4/c19-13-3-1-2-12(8-13)6-7-22-17-10-18(24-11-23-17)25-14-4-5-15(20)16(21)9-14/h1-5,8-11H,6-7H2,(H2,22,23,24,25). The Bertz CT molecular complexity index is 873. The molecule has 128 valence electrons. The maximum Gasteiger partial charge on any atom is 0.160 e. The summed E-state index contributed by atoms with van der Waals surface area (Å²) in [7, 11) is 0. The lowest BCUT2D eigenvalue weighted by Crippen LogP contribution is -2.07. The van der Waals surface area contributed by atoms with E-state index in [0.29, 0.717) is 28.9 Å². The highest BCUT2D eigenvalue weighted by atomic mass is 35.5. The van der Waals surface area contributed by atoms with Gasteiger partial charge in [-0.05, 0) is 36.2 Å². The fourth-order valence-electron chi connectivity index (χ4n) is 2.27. The van der Waals surface area contributed by atoms with Crippen molar-refractivity contribution in [1.82, 2.24) is 9.97 Å². The number of halogens is 3. The smallest absolute Gasteiger partial charge is 0.160 e. The zero-order chi connectivity index (χ0) is 17.6. The lowest BCUT2D eigenvalue weighted by Gasteiger charge is -2.09. The van der Waals surface area contributed by atoms with Gasteiger partial charge in [0, 0.05) is 29.4 Å². The molecule has 7 heteroatoms. The minimum absolute atomic E-state index is 0.405. The van der Waals surface area contributed by atoms with E-state index in [1.807, 2.05) is 24.3 Å². The summed E-state index contributed by atoms with van der Waals surface area (Å²) in [6.07, 6.45) is 2.18. The highest BCUT2D eigenvalue weighted by Crippen LogP contribution is 2.19. The quantitative estimate of drug-likeness (QED) is 0.662. The molecular formula is C18H15ClF2N4. The molecule has 3 rings (SSSR count). The van der Waals surface area contributed by atoms with Crippen molar-refractivity contribution in [3.63, 3.8) is 0 Å². The van der Waals surface area contributed by atoms with Gasteiger partial charge in [-0.25, -0.2) is 18.7 Å². The van der Waals surface area contributed by atoms with Crippen LogP contribution in [0.1, 0.15) is 5.56 Å². The third-order valence-corrected chi connectivity index (χ3v) is 3.70. The van der Waals surface area contributed by atoms with Crippen LogP contribution in [0.4, 0.5) is 26.1 Å². The van der Waals surface area contributed by atoms with E-state index in [-0.39, 0.29) is 0 Å². The maximum atomic E-state index is 13.2. The Hall–Kier alpha value is -2.73. The Kier molecular flexibility index (Phi) is 5.40. The van der Waals surface area contributed by atoms with Gasteiger partial charge in [-0.2, -0.15) is 0 Å². The Morgan fingerprint density at radius 3 is 2.56 bits per heavy atom. The average Bonchev–Trinajstić information content (AvgIpc) is 2.59. The van der Waals surface area contributed by atoms with Crippen molar-refractivity contribution < 1.29 is 8.78 Å². The van der Waals surface area contributed by atoms with E-state index < -0.39 is 11.6 Å². The number of nitrogens with one attached hydrogen (secondary N) is 2. The summed E-state index contributed by atoms with van der Waals surface area (Å²) in [5.41, 5.74) is 1.52. The maximum absolute atomic E-state index is 13.2. The number of aromatic nitrogens is 2. The van der Waals surface area contributed by atoms with Crippen LogP contribution < -0.4 is 10.6 Å². The largest absolute Gasteiger partial charge is 0.370 e. The number of rotatable bonds is 6. The molecule has 1 aromatic heterocycles. The molecule has 3 aromatic rings. The lowest BCUT2D eigenvalue weighted by atomic mass is 10.1. The molecule has 1 heterocycles. The van der Waals surface area contributed by atoms with Crippen LogP contribution in [0.2, 0.25) is 5.02 Å². The van der Waals surface area contributed by atoms with Crippen molar-refractivity contribution in [2.75, 3.05) is 17.2 Å². The van der Waals surface area contributed by atoms with Gasteiger partial charge in [0.2, 0.25) is 0 Å². The van der Waals surface area contributed by atoms with E-state index in [9.17, 15) is 8.78 Å². The number of anilines is 3. The fourth-order valence-corrected chi connectivity index (χ4v) is 2.48. The Morgan fingerprint density at radius 1 is 0.920 bits per heavy atom. The molecule has 0 atom stereocenters. The second-order valence-corrected chi connectivity index (χ2v) is 5.79. The van der Waals surface area contributed by atoms with Crippen LogP contribution in [0.15, 0.2) is 54.9 Å². The number of hydrogen-bond donors (Lipinski definition) is 2. The molecule has 0 aliphatic heterocycles. The van der Waals surface area contributed by atoms with Gasteiger partial charge in [0.15, 0.2) is 11.6 Å². The van der Waals surface area contributed by atoms with E-state index in [1.54, 1.807) is 6.07 Å². The topological polar surface area (TPSA) is 49.8 Å². The number of benzene rings is 2. The van der Waals surface area contributed by atoms with E-state index >= 15 is 0 Å². The van der Waals surface area contributed by atoms with Crippen LogP contribution in [-0.4, -0.2) is 16.5 Å². The molecule has 0 aliphatic rings. The first-order valence-corrected chi connectivity index (χ1v) is 8.00. The highest BCUT2D eigenvalue weighted by molar-refractivity contribution is 6.30. The first-order chi connectivity index (χ1) is 12.1. The molecule has 0 aliphatic carbocycles. The second-order valence-electron chi connectivity index (χ2n) is 5.35. The first-order valence-electron chi connectivity index (χ1n) is 7.62. The van der Waals surface area contributed by atoms with Gasteiger partial charge in [-0.15, -0.1) is 0 Å². The van der Waals surface area contributed by atoms with Crippen molar-refractivity contribution >= 4 is 28.9 Å². The molecule has 0 radical (unpaired) electrons. The molecule has 25 heavy (non-hydrogen) atoms. The van der Waals surface area contributed by atoms with Gasteiger partial charge in [-0.3, -0.25) is 0 Å². The predicted molar refractivity (Wildman–Crippen MR) is 95.3 cm³/mol. The summed E-state index contributed by atoms with van der Waals surface area (Å²) < 4.78 is 26.2. The highest BCUT2D eigenvalue weighted by Gasteiger charge is 2.04. The summed E-state index contributed by atoms with van der Waals surface area (Å²) in [6, 6.07) is 12.9. The third kappa shape index (κ3) is 4.87. The van der Waals surface area contributed by atoms with Gasteiger partial charge >= 0.3 is 0 Å². The van der Waals surface area contributed by atoms with Crippen LogP contribution in [-0.2, 0) is 6.42 Å². The molecule has 0 saturated heterocycles. The first kappa shape index (κ1) is 17.1. The van der Waals surface area contributed by atoms with E-state index in [2.05, 4.69) is 20.6 Å². The van der Waals surface area contributed by atoms with Crippen LogP contribution >= 0.6 is 11.6 Å². The normalized spacial score (nSPS) is 10.5. The molecule has 0 unspecified atom stereocenters. The monoisotopic (exact) mass is 360 g/mol.